The molecule has 0 unspecified atom stereocenters. The van der Waals surface area contributed by atoms with E-state index in [0.717, 1.165) is 24.3 Å². The van der Waals surface area contributed by atoms with Gasteiger partial charge in [0.15, 0.2) is 6.10 Å². The van der Waals surface area contributed by atoms with Crippen LogP contribution in [0.2, 0.25) is 0 Å². The Hall–Kier alpha value is -3.60. The van der Waals surface area contributed by atoms with Crippen LogP contribution >= 0.6 is 0 Å². The summed E-state index contributed by atoms with van der Waals surface area (Å²) in [5, 5.41) is 11.0. The second-order valence-corrected chi connectivity index (χ2v) is 5.71. The summed E-state index contributed by atoms with van der Waals surface area (Å²) in [5.74, 6) is -1.56. The zero-order valence-corrected chi connectivity index (χ0v) is 14.7. The molecular weight excluding hydrogens is 373 g/mol. The molecule has 0 radical (unpaired) electrons. The standard InChI is InChI=1S/C20H15F3N2O3/c1-13(19(27)25-17-4-2-3-16(11-17)20(21,22)23)28-18(26)10-9-14-5-7-15(12-24)8-6-14/h2-11,13H,1H3,(H,25,27)/b10-9+/t13-/m1/s1. The van der Waals surface area contributed by atoms with Crippen LogP contribution in [0.4, 0.5) is 18.9 Å². The van der Waals surface area contributed by atoms with Gasteiger partial charge < -0.3 is 10.1 Å². The first kappa shape index (κ1) is 20.7. The Morgan fingerprint density at radius 1 is 1.18 bits per heavy atom. The fourth-order valence-corrected chi connectivity index (χ4v) is 2.12. The number of anilines is 1. The van der Waals surface area contributed by atoms with Gasteiger partial charge in [0.25, 0.3) is 5.91 Å². The zero-order chi connectivity index (χ0) is 20.7. The molecule has 0 saturated carbocycles. The van der Waals surface area contributed by atoms with Gasteiger partial charge in [0.1, 0.15) is 0 Å². The lowest BCUT2D eigenvalue weighted by Crippen LogP contribution is -2.29. The average Bonchev–Trinajstić information content (AvgIpc) is 2.66. The van der Waals surface area contributed by atoms with Crippen LogP contribution in [0.1, 0.15) is 23.6 Å². The summed E-state index contributed by atoms with van der Waals surface area (Å²) in [6, 6.07) is 12.5. The maximum absolute atomic E-state index is 12.7. The number of hydrogen-bond acceptors (Lipinski definition) is 4. The fraction of sp³-hybridized carbons (Fsp3) is 0.150. The van der Waals surface area contributed by atoms with Crippen molar-refractivity contribution in [1.82, 2.24) is 0 Å². The molecule has 1 amide bonds. The van der Waals surface area contributed by atoms with E-state index in [1.54, 1.807) is 24.3 Å². The molecule has 2 rings (SSSR count). The van der Waals surface area contributed by atoms with Gasteiger partial charge in [0, 0.05) is 11.8 Å². The highest BCUT2D eigenvalue weighted by atomic mass is 19.4. The molecule has 8 heteroatoms. The maximum atomic E-state index is 12.7. The highest BCUT2D eigenvalue weighted by molar-refractivity contribution is 5.96. The molecule has 5 nitrogen and oxygen atoms in total. The van der Waals surface area contributed by atoms with Crippen LogP contribution in [0.25, 0.3) is 6.08 Å². The van der Waals surface area contributed by atoms with E-state index in [1.165, 1.54) is 19.1 Å². The molecular formula is C20H15F3N2O3. The number of ether oxygens (including phenoxy) is 1. The maximum Gasteiger partial charge on any atom is 0.416 e. The van der Waals surface area contributed by atoms with Crippen molar-refractivity contribution in [2.75, 3.05) is 5.32 Å². The first-order valence-electron chi connectivity index (χ1n) is 8.06. The van der Waals surface area contributed by atoms with Crippen molar-refractivity contribution in [2.45, 2.75) is 19.2 Å². The van der Waals surface area contributed by atoms with Gasteiger partial charge in [-0.05, 0) is 48.9 Å². The minimum Gasteiger partial charge on any atom is -0.449 e. The topological polar surface area (TPSA) is 79.2 Å². The molecule has 0 aliphatic heterocycles. The van der Waals surface area contributed by atoms with Crippen molar-refractivity contribution in [3.05, 3.63) is 71.3 Å². The van der Waals surface area contributed by atoms with Crippen LogP contribution < -0.4 is 5.32 Å². The van der Waals surface area contributed by atoms with E-state index in [2.05, 4.69) is 5.32 Å². The van der Waals surface area contributed by atoms with Crippen molar-refractivity contribution in [2.24, 2.45) is 0 Å². The molecule has 0 saturated heterocycles. The first-order chi connectivity index (χ1) is 13.2. The number of benzene rings is 2. The number of carbonyl (C=O) groups excluding carboxylic acids is 2. The molecule has 1 N–H and O–H groups in total. The zero-order valence-electron chi connectivity index (χ0n) is 14.7. The predicted molar refractivity (Wildman–Crippen MR) is 95.8 cm³/mol. The average molecular weight is 388 g/mol. The molecule has 2 aromatic carbocycles. The van der Waals surface area contributed by atoms with E-state index in [0.29, 0.717) is 11.1 Å². The van der Waals surface area contributed by atoms with Gasteiger partial charge in [-0.1, -0.05) is 18.2 Å². The number of esters is 1. The van der Waals surface area contributed by atoms with Crippen molar-refractivity contribution in [3.63, 3.8) is 0 Å². The predicted octanol–water partition coefficient (Wildman–Crippen LogP) is 4.16. The largest absolute Gasteiger partial charge is 0.449 e. The second-order valence-electron chi connectivity index (χ2n) is 5.71. The third-order valence-electron chi connectivity index (χ3n) is 3.57. The van der Waals surface area contributed by atoms with E-state index >= 15 is 0 Å². The number of rotatable bonds is 5. The van der Waals surface area contributed by atoms with Crippen LogP contribution in [0.15, 0.2) is 54.6 Å². The Balaban J connectivity index is 1.93. The van der Waals surface area contributed by atoms with E-state index < -0.39 is 29.7 Å². The number of nitriles is 1. The lowest BCUT2D eigenvalue weighted by Gasteiger charge is -2.13. The fourth-order valence-electron chi connectivity index (χ4n) is 2.12. The van der Waals surface area contributed by atoms with Crippen LogP contribution in [0.5, 0.6) is 0 Å². The van der Waals surface area contributed by atoms with E-state index in [1.807, 2.05) is 6.07 Å². The first-order valence-corrected chi connectivity index (χ1v) is 8.06. The molecule has 0 fully saturated rings. The summed E-state index contributed by atoms with van der Waals surface area (Å²) in [5.41, 5.74) is 0.160. The smallest absolute Gasteiger partial charge is 0.416 e. The van der Waals surface area contributed by atoms with Gasteiger partial charge in [0.05, 0.1) is 17.2 Å². The van der Waals surface area contributed by atoms with Crippen molar-refractivity contribution < 1.29 is 27.5 Å². The Morgan fingerprint density at radius 2 is 1.86 bits per heavy atom. The molecule has 1 atom stereocenters. The monoisotopic (exact) mass is 388 g/mol. The van der Waals surface area contributed by atoms with E-state index in [-0.39, 0.29) is 5.69 Å². The van der Waals surface area contributed by atoms with Crippen molar-refractivity contribution in [1.29, 1.82) is 5.26 Å². The summed E-state index contributed by atoms with van der Waals surface area (Å²) in [6.45, 7) is 1.30. The Labute approximate surface area is 159 Å². The number of carbonyl (C=O) groups is 2. The van der Waals surface area contributed by atoms with Gasteiger partial charge in [-0.25, -0.2) is 4.79 Å². The van der Waals surface area contributed by atoms with Crippen LogP contribution in [-0.2, 0) is 20.5 Å². The lowest BCUT2D eigenvalue weighted by atomic mass is 10.1. The lowest BCUT2D eigenvalue weighted by molar-refractivity contribution is -0.148. The number of nitrogens with zero attached hydrogens (tertiary/aromatic N) is 1. The van der Waals surface area contributed by atoms with Crippen LogP contribution in [-0.4, -0.2) is 18.0 Å². The van der Waals surface area contributed by atoms with E-state index in [9.17, 15) is 22.8 Å². The Kier molecular flexibility index (Phi) is 6.55. The molecule has 0 aliphatic rings. The summed E-state index contributed by atoms with van der Waals surface area (Å²) in [6.07, 6.45) is -3.20. The SMILES string of the molecule is C[C@@H](OC(=O)/C=C/c1ccc(C#N)cc1)C(=O)Nc1cccc(C(F)(F)F)c1. The molecule has 0 aliphatic carbocycles. The minimum absolute atomic E-state index is 0.0594. The Morgan fingerprint density at radius 3 is 2.46 bits per heavy atom. The van der Waals surface area contributed by atoms with Crippen molar-refractivity contribution >= 4 is 23.6 Å². The molecule has 0 spiro atoms. The van der Waals surface area contributed by atoms with Gasteiger partial charge in [-0.2, -0.15) is 18.4 Å². The molecule has 0 bridgehead atoms. The van der Waals surface area contributed by atoms with Crippen molar-refractivity contribution in [3.8, 4) is 6.07 Å². The summed E-state index contributed by atoms with van der Waals surface area (Å²) < 4.78 is 43.0. The number of hydrogen-bond donors (Lipinski definition) is 1. The highest BCUT2D eigenvalue weighted by Crippen LogP contribution is 2.30. The number of alkyl halides is 3. The van der Waals surface area contributed by atoms with Crippen LogP contribution in [0, 0.1) is 11.3 Å². The third kappa shape index (κ3) is 5.99. The van der Waals surface area contributed by atoms with Crippen LogP contribution in [0.3, 0.4) is 0 Å². The number of nitrogens with one attached hydrogen (secondary N) is 1. The molecule has 2 aromatic rings. The molecule has 144 valence electrons. The minimum atomic E-state index is -4.53. The molecule has 0 aromatic heterocycles. The summed E-state index contributed by atoms with van der Waals surface area (Å²) in [7, 11) is 0. The Bertz CT molecular complexity index is 929. The second kappa shape index (κ2) is 8.86. The molecule has 28 heavy (non-hydrogen) atoms. The van der Waals surface area contributed by atoms with E-state index in [4.69, 9.17) is 10.00 Å². The summed E-state index contributed by atoms with van der Waals surface area (Å²) in [4.78, 5) is 23.8. The molecule has 0 heterocycles. The van der Waals surface area contributed by atoms with Gasteiger partial charge in [0.2, 0.25) is 0 Å². The van der Waals surface area contributed by atoms with Gasteiger partial charge in [-0.3, -0.25) is 4.79 Å². The highest BCUT2D eigenvalue weighted by Gasteiger charge is 2.30. The van der Waals surface area contributed by atoms with Gasteiger partial charge >= 0.3 is 12.1 Å². The summed E-state index contributed by atoms with van der Waals surface area (Å²) >= 11 is 0. The number of halogens is 3. The quantitative estimate of drug-likeness (QED) is 0.616. The third-order valence-corrected chi connectivity index (χ3v) is 3.57. The number of amides is 1. The normalized spacial score (nSPS) is 12.2. The van der Waals surface area contributed by atoms with Gasteiger partial charge in [-0.15, -0.1) is 0 Å².